The molecule has 0 aliphatic rings. The van der Waals surface area contributed by atoms with Gasteiger partial charge in [-0.2, -0.15) is 26.3 Å². The van der Waals surface area contributed by atoms with Crippen molar-refractivity contribution in [1.82, 2.24) is 10.6 Å². The van der Waals surface area contributed by atoms with E-state index in [2.05, 4.69) is 15.4 Å². The molecule has 0 fully saturated rings. The summed E-state index contributed by atoms with van der Waals surface area (Å²) in [4.78, 5) is 35.4. The van der Waals surface area contributed by atoms with Gasteiger partial charge in [-0.25, -0.2) is 4.79 Å². The normalized spacial score (nSPS) is 13.2. The molecule has 0 saturated carbocycles. The van der Waals surface area contributed by atoms with Crippen molar-refractivity contribution >= 4 is 18.0 Å². The fraction of sp³-hybridized carbons (Fsp3) is 0.526. The molecule has 13 heteroatoms. The lowest BCUT2D eigenvalue weighted by Crippen LogP contribution is -2.41. The summed E-state index contributed by atoms with van der Waals surface area (Å²) in [6, 6.07) is -0.891. The molecule has 7 nitrogen and oxygen atoms in total. The van der Waals surface area contributed by atoms with Gasteiger partial charge in [-0.1, -0.05) is 0 Å². The molecule has 1 aromatic carbocycles. The van der Waals surface area contributed by atoms with Gasteiger partial charge in [0.05, 0.1) is 30.7 Å². The Morgan fingerprint density at radius 3 is 1.84 bits per heavy atom. The van der Waals surface area contributed by atoms with Crippen molar-refractivity contribution in [2.45, 2.75) is 51.2 Å². The minimum Gasteiger partial charge on any atom is -0.469 e. The lowest BCUT2D eigenvalue weighted by molar-refractivity contribution is -0.143. The molecule has 0 aliphatic heterocycles. The molecule has 32 heavy (non-hydrogen) atoms. The molecule has 0 aromatic heterocycles. The zero-order chi connectivity index (χ0) is 24.9. The van der Waals surface area contributed by atoms with Gasteiger partial charge >= 0.3 is 24.4 Å². The van der Waals surface area contributed by atoms with Crippen molar-refractivity contribution in [2.75, 3.05) is 13.7 Å². The van der Waals surface area contributed by atoms with Crippen LogP contribution < -0.4 is 10.6 Å². The lowest BCUT2D eigenvalue weighted by Gasteiger charge is -2.22. The second kappa shape index (κ2) is 10.1. The summed E-state index contributed by atoms with van der Waals surface area (Å²) >= 11 is 0. The first-order valence-electron chi connectivity index (χ1n) is 9.05. The molecule has 0 bridgehead atoms. The largest absolute Gasteiger partial charge is 0.469 e. The van der Waals surface area contributed by atoms with E-state index in [0.717, 1.165) is 7.11 Å². The highest BCUT2D eigenvalue weighted by molar-refractivity contribution is 5.83. The van der Waals surface area contributed by atoms with Crippen LogP contribution in [0.2, 0.25) is 0 Å². The second-order valence-electron chi connectivity index (χ2n) is 7.60. The van der Waals surface area contributed by atoms with Gasteiger partial charge in [0.25, 0.3) is 0 Å². The number of ether oxygens (including phenoxy) is 2. The van der Waals surface area contributed by atoms with E-state index in [9.17, 15) is 40.7 Å². The van der Waals surface area contributed by atoms with Gasteiger partial charge in [-0.05, 0) is 44.5 Å². The standard InChI is InChI=1S/C19H22F6N2O5/c1-17(2,3)32-16(30)26-9-14(28)27-13(8-15(29)31-4)10-5-11(18(20,21)22)7-12(6-10)19(23,24)25/h5-7,13H,8-9H2,1-4H3,(H,26,30)(H,27,28)/t13-/m0/s1. The Hall–Kier alpha value is -2.99. The van der Waals surface area contributed by atoms with Gasteiger partial charge in [0.2, 0.25) is 5.91 Å². The number of hydrogen-bond acceptors (Lipinski definition) is 5. The zero-order valence-electron chi connectivity index (χ0n) is 17.5. The molecule has 1 rings (SSSR count). The maximum atomic E-state index is 13.1. The number of alkyl halides is 6. The van der Waals surface area contributed by atoms with Crippen LogP contribution in [-0.4, -0.2) is 37.2 Å². The van der Waals surface area contributed by atoms with E-state index in [4.69, 9.17) is 4.74 Å². The van der Waals surface area contributed by atoms with Gasteiger partial charge in [0.15, 0.2) is 0 Å². The molecule has 2 N–H and O–H groups in total. The predicted molar refractivity (Wildman–Crippen MR) is 98.2 cm³/mol. The van der Waals surface area contributed by atoms with Crippen LogP contribution in [-0.2, 0) is 31.4 Å². The third kappa shape index (κ3) is 9.02. The van der Waals surface area contributed by atoms with Gasteiger partial charge in [0.1, 0.15) is 12.1 Å². The molecule has 180 valence electrons. The second-order valence-corrected chi connectivity index (χ2v) is 7.60. The number of amides is 2. The third-order valence-corrected chi connectivity index (χ3v) is 3.74. The predicted octanol–water partition coefficient (Wildman–Crippen LogP) is 3.97. The van der Waals surface area contributed by atoms with E-state index in [0.29, 0.717) is 12.1 Å². The highest BCUT2D eigenvalue weighted by Gasteiger charge is 2.38. The SMILES string of the molecule is COC(=O)C[C@H](NC(=O)CNC(=O)OC(C)(C)C)c1cc(C(F)(F)F)cc(C(F)(F)F)c1. The zero-order valence-corrected chi connectivity index (χ0v) is 17.5. The van der Waals surface area contributed by atoms with E-state index in [1.807, 2.05) is 0 Å². The van der Waals surface area contributed by atoms with Crippen LogP contribution in [0.1, 0.15) is 49.9 Å². The van der Waals surface area contributed by atoms with Crippen LogP contribution in [0.25, 0.3) is 0 Å². The number of alkyl carbamates (subject to hydrolysis) is 1. The third-order valence-electron chi connectivity index (χ3n) is 3.74. The molecule has 0 saturated heterocycles. The van der Waals surface area contributed by atoms with E-state index < -0.39 is 71.6 Å². The quantitative estimate of drug-likeness (QED) is 0.483. The summed E-state index contributed by atoms with van der Waals surface area (Å²) in [6.07, 6.45) is -12.0. The number of esters is 1. The molecule has 2 amide bonds. The number of methoxy groups -OCH3 is 1. The highest BCUT2D eigenvalue weighted by Crippen LogP contribution is 2.37. The van der Waals surface area contributed by atoms with Crippen molar-refractivity contribution < 1.29 is 50.2 Å². The summed E-state index contributed by atoms with van der Waals surface area (Å²) in [6.45, 7) is 3.97. The highest BCUT2D eigenvalue weighted by atomic mass is 19.4. The molecule has 1 aromatic rings. The number of rotatable bonds is 6. The van der Waals surface area contributed by atoms with Crippen molar-refractivity contribution in [1.29, 1.82) is 0 Å². The van der Waals surface area contributed by atoms with Crippen molar-refractivity contribution in [2.24, 2.45) is 0 Å². The molecule has 1 atom stereocenters. The molecular formula is C19H22F6N2O5. The van der Waals surface area contributed by atoms with Crippen LogP contribution in [0.15, 0.2) is 18.2 Å². The molecule has 0 radical (unpaired) electrons. The van der Waals surface area contributed by atoms with Crippen LogP contribution in [0.4, 0.5) is 31.1 Å². The average Bonchev–Trinajstić information content (AvgIpc) is 2.62. The first kappa shape index (κ1) is 27.0. The van der Waals surface area contributed by atoms with Crippen LogP contribution in [0, 0.1) is 0 Å². The van der Waals surface area contributed by atoms with Crippen LogP contribution >= 0.6 is 0 Å². The Bertz CT molecular complexity index is 814. The topological polar surface area (TPSA) is 93.7 Å². The monoisotopic (exact) mass is 472 g/mol. The molecule has 0 spiro atoms. The maximum Gasteiger partial charge on any atom is 0.416 e. The first-order valence-corrected chi connectivity index (χ1v) is 9.05. The Balaban J connectivity index is 3.20. The number of halogens is 6. The fourth-order valence-corrected chi connectivity index (χ4v) is 2.39. The fourth-order valence-electron chi connectivity index (χ4n) is 2.39. The van der Waals surface area contributed by atoms with Gasteiger partial charge < -0.3 is 20.1 Å². The Morgan fingerprint density at radius 2 is 1.44 bits per heavy atom. The summed E-state index contributed by atoms with van der Waals surface area (Å²) in [5, 5.41) is 4.21. The van der Waals surface area contributed by atoms with Crippen LogP contribution in [0.5, 0.6) is 0 Å². The Morgan fingerprint density at radius 1 is 0.938 bits per heavy atom. The van der Waals surface area contributed by atoms with E-state index >= 15 is 0 Å². The Kier molecular flexibility index (Phi) is 8.52. The molecule has 0 heterocycles. The van der Waals surface area contributed by atoms with Gasteiger partial charge in [-0.15, -0.1) is 0 Å². The maximum absolute atomic E-state index is 13.1. The minimum absolute atomic E-state index is 0.0788. The van der Waals surface area contributed by atoms with Crippen molar-refractivity contribution in [3.63, 3.8) is 0 Å². The number of carbonyl (C=O) groups excluding carboxylic acids is 3. The first-order chi connectivity index (χ1) is 14.4. The summed E-state index contributed by atoms with van der Waals surface area (Å²) < 4.78 is 88.1. The number of benzene rings is 1. The number of nitrogens with one attached hydrogen (secondary N) is 2. The van der Waals surface area contributed by atoms with Crippen LogP contribution in [0.3, 0.4) is 0 Å². The minimum atomic E-state index is -5.12. The molecule has 0 aliphatic carbocycles. The number of hydrogen-bond donors (Lipinski definition) is 2. The molecule has 0 unspecified atom stereocenters. The van der Waals surface area contributed by atoms with E-state index in [1.165, 1.54) is 0 Å². The summed E-state index contributed by atoms with van der Waals surface area (Å²) in [5.74, 6) is -1.99. The summed E-state index contributed by atoms with van der Waals surface area (Å²) in [5.41, 5.74) is -4.72. The van der Waals surface area contributed by atoms with E-state index in [1.54, 1.807) is 20.8 Å². The van der Waals surface area contributed by atoms with Crippen molar-refractivity contribution in [3.05, 3.63) is 34.9 Å². The van der Waals surface area contributed by atoms with Gasteiger partial charge in [-0.3, -0.25) is 9.59 Å². The summed E-state index contributed by atoms with van der Waals surface area (Å²) in [7, 11) is 0.957. The van der Waals surface area contributed by atoms with Gasteiger partial charge in [0, 0.05) is 0 Å². The Labute approximate surface area is 179 Å². The van der Waals surface area contributed by atoms with E-state index in [-0.39, 0.29) is 6.07 Å². The average molecular weight is 472 g/mol. The number of carbonyl (C=O) groups is 3. The van der Waals surface area contributed by atoms with Crippen molar-refractivity contribution in [3.8, 4) is 0 Å². The smallest absolute Gasteiger partial charge is 0.416 e. The lowest BCUT2D eigenvalue weighted by atomic mass is 9.97. The molecular weight excluding hydrogens is 450 g/mol.